The summed E-state index contributed by atoms with van der Waals surface area (Å²) in [5, 5.41) is 12.1. The average molecular weight is 364 g/mol. The van der Waals surface area contributed by atoms with E-state index in [1.807, 2.05) is 18.2 Å². The first-order chi connectivity index (χ1) is 12.1. The van der Waals surface area contributed by atoms with E-state index in [2.05, 4.69) is 5.32 Å². The Kier molecular flexibility index (Phi) is 7.55. The van der Waals surface area contributed by atoms with Crippen LogP contribution in [0.3, 0.4) is 0 Å². The highest BCUT2D eigenvalue weighted by Gasteiger charge is 2.23. The quantitative estimate of drug-likeness (QED) is 0.754. The lowest BCUT2D eigenvalue weighted by atomic mass is 10.0. The fourth-order valence-electron chi connectivity index (χ4n) is 2.73. The molecule has 7 heteroatoms. The zero-order chi connectivity index (χ0) is 18.1. The van der Waals surface area contributed by atoms with Crippen LogP contribution in [0.25, 0.3) is 0 Å². The molecule has 0 aromatic heterocycles. The molecule has 1 aliphatic heterocycles. The number of carbonyl (C=O) groups excluding carboxylic acids is 2. The second kappa shape index (κ2) is 9.90. The average Bonchev–Trinajstić information content (AvgIpc) is 2.61. The molecule has 0 saturated carbocycles. The van der Waals surface area contributed by atoms with E-state index in [1.165, 1.54) is 0 Å². The molecule has 1 aliphatic rings. The Morgan fingerprint density at radius 2 is 2.04 bits per heavy atom. The molecule has 134 valence electrons. The number of benzene rings is 1. The SMILES string of the molecule is N#CCC(=O)N1CCC(NC(=O)CCCOc2ccccc2Cl)CC1. The van der Waals surface area contributed by atoms with Gasteiger partial charge in [0.15, 0.2) is 0 Å². The Hall–Kier alpha value is -2.26. The van der Waals surface area contributed by atoms with E-state index in [4.69, 9.17) is 21.6 Å². The van der Waals surface area contributed by atoms with Crippen LogP contribution in [0.1, 0.15) is 32.1 Å². The first-order valence-electron chi connectivity index (χ1n) is 8.41. The van der Waals surface area contributed by atoms with Crippen molar-refractivity contribution in [3.8, 4) is 11.8 Å². The van der Waals surface area contributed by atoms with Crippen molar-refractivity contribution in [1.82, 2.24) is 10.2 Å². The highest BCUT2D eigenvalue weighted by atomic mass is 35.5. The minimum Gasteiger partial charge on any atom is -0.492 e. The molecule has 25 heavy (non-hydrogen) atoms. The number of carbonyl (C=O) groups is 2. The van der Waals surface area contributed by atoms with Crippen molar-refractivity contribution >= 4 is 23.4 Å². The monoisotopic (exact) mass is 363 g/mol. The summed E-state index contributed by atoms with van der Waals surface area (Å²) in [5.41, 5.74) is 0. The zero-order valence-electron chi connectivity index (χ0n) is 14.0. The topological polar surface area (TPSA) is 82.4 Å². The molecule has 1 N–H and O–H groups in total. The lowest BCUT2D eigenvalue weighted by molar-refractivity contribution is -0.131. The van der Waals surface area contributed by atoms with E-state index >= 15 is 0 Å². The molecule has 0 atom stereocenters. The number of hydrogen-bond donors (Lipinski definition) is 1. The Balaban J connectivity index is 1.61. The number of hydrogen-bond acceptors (Lipinski definition) is 4. The fraction of sp³-hybridized carbons (Fsp3) is 0.500. The number of rotatable bonds is 7. The first-order valence-corrected chi connectivity index (χ1v) is 8.79. The van der Waals surface area contributed by atoms with Crippen molar-refractivity contribution in [3.63, 3.8) is 0 Å². The summed E-state index contributed by atoms with van der Waals surface area (Å²) in [5.74, 6) is 0.479. The number of amides is 2. The number of nitrogens with zero attached hydrogens (tertiary/aromatic N) is 2. The Morgan fingerprint density at radius 1 is 1.32 bits per heavy atom. The standard InChI is InChI=1S/C18H22ClN3O3/c19-15-4-1-2-5-16(15)25-13-3-6-17(23)21-14-8-11-22(12-9-14)18(24)7-10-20/h1-2,4-5,14H,3,6-9,11-13H2,(H,21,23). The summed E-state index contributed by atoms with van der Waals surface area (Å²) < 4.78 is 5.56. The number of ether oxygens (including phenoxy) is 1. The van der Waals surface area contributed by atoms with E-state index < -0.39 is 0 Å². The van der Waals surface area contributed by atoms with Gasteiger partial charge in [0.25, 0.3) is 0 Å². The van der Waals surface area contributed by atoms with Gasteiger partial charge >= 0.3 is 0 Å². The molecule has 0 aliphatic carbocycles. The number of para-hydroxylation sites is 1. The van der Waals surface area contributed by atoms with Gasteiger partial charge in [-0.1, -0.05) is 23.7 Å². The van der Waals surface area contributed by atoms with Gasteiger partial charge in [0, 0.05) is 25.6 Å². The number of nitrogens with one attached hydrogen (secondary N) is 1. The van der Waals surface area contributed by atoms with Crippen LogP contribution in [0.5, 0.6) is 5.75 Å². The van der Waals surface area contributed by atoms with Crippen LogP contribution in [0.15, 0.2) is 24.3 Å². The highest BCUT2D eigenvalue weighted by Crippen LogP contribution is 2.23. The van der Waals surface area contributed by atoms with Gasteiger partial charge in [0.05, 0.1) is 17.7 Å². The molecular weight excluding hydrogens is 342 g/mol. The molecule has 0 unspecified atom stereocenters. The van der Waals surface area contributed by atoms with E-state index in [9.17, 15) is 9.59 Å². The smallest absolute Gasteiger partial charge is 0.236 e. The van der Waals surface area contributed by atoms with Crippen molar-refractivity contribution < 1.29 is 14.3 Å². The van der Waals surface area contributed by atoms with Crippen LogP contribution >= 0.6 is 11.6 Å². The van der Waals surface area contributed by atoms with E-state index in [1.54, 1.807) is 17.0 Å². The Bertz CT molecular complexity index is 637. The van der Waals surface area contributed by atoms with E-state index in [-0.39, 0.29) is 24.3 Å². The molecule has 1 fully saturated rings. The summed E-state index contributed by atoms with van der Waals surface area (Å²) in [7, 11) is 0. The van der Waals surface area contributed by atoms with Gasteiger partial charge in [0.2, 0.25) is 11.8 Å². The van der Waals surface area contributed by atoms with Crippen LogP contribution < -0.4 is 10.1 Å². The van der Waals surface area contributed by atoms with Crippen molar-refractivity contribution in [2.45, 2.75) is 38.1 Å². The number of nitriles is 1. The molecule has 0 spiro atoms. The predicted octanol–water partition coefficient (Wildman–Crippen LogP) is 2.52. The lowest BCUT2D eigenvalue weighted by Gasteiger charge is -2.32. The fourth-order valence-corrected chi connectivity index (χ4v) is 2.92. The summed E-state index contributed by atoms with van der Waals surface area (Å²) in [6.45, 7) is 1.60. The second-order valence-electron chi connectivity index (χ2n) is 5.94. The molecule has 1 heterocycles. The van der Waals surface area contributed by atoms with Crippen molar-refractivity contribution in [2.75, 3.05) is 19.7 Å². The molecule has 1 saturated heterocycles. The largest absolute Gasteiger partial charge is 0.492 e. The van der Waals surface area contributed by atoms with Crippen molar-refractivity contribution in [3.05, 3.63) is 29.3 Å². The maximum Gasteiger partial charge on any atom is 0.236 e. The molecular formula is C18H22ClN3O3. The Labute approximate surface area is 152 Å². The first kappa shape index (κ1) is 19.1. The molecule has 1 aromatic carbocycles. The summed E-state index contributed by atoms with van der Waals surface area (Å²) in [6.07, 6.45) is 2.36. The molecule has 2 amide bonds. The van der Waals surface area contributed by atoms with Crippen LogP contribution in [0, 0.1) is 11.3 Å². The van der Waals surface area contributed by atoms with Gasteiger partial charge in [-0.15, -0.1) is 0 Å². The van der Waals surface area contributed by atoms with E-state index in [0.717, 1.165) is 12.8 Å². The van der Waals surface area contributed by atoms with Crippen molar-refractivity contribution in [1.29, 1.82) is 5.26 Å². The summed E-state index contributed by atoms with van der Waals surface area (Å²) in [4.78, 5) is 25.3. The van der Waals surface area contributed by atoms with Crippen LogP contribution in [0.4, 0.5) is 0 Å². The van der Waals surface area contributed by atoms with Gasteiger partial charge in [-0.2, -0.15) is 5.26 Å². The number of halogens is 1. The van der Waals surface area contributed by atoms with Gasteiger partial charge in [-0.25, -0.2) is 0 Å². The number of piperidine rings is 1. The summed E-state index contributed by atoms with van der Waals surface area (Å²) in [6, 6.07) is 9.20. The van der Waals surface area contributed by atoms with Gasteiger partial charge in [-0.05, 0) is 31.4 Å². The van der Waals surface area contributed by atoms with Crippen molar-refractivity contribution in [2.24, 2.45) is 0 Å². The maximum absolute atomic E-state index is 12.0. The molecule has 1 aromatic rings. The molecule has 0 bridgehead atoms. The third-order valence-corrected chi connectivity index (χ3v) is 4.40. The Morgan fingerprint density at radius 3 is 2.72 bits per heavy atom. The minimum atomic E-state index is -0.135. The van der Waals surface area contributed by atoms with Crippen LogP contribution in [0.2, 0.25) is 5.02 Å². The van der Waals surface area contributed by atoms with E-state index in [0.29, 0.717) is 43.3 Å². The third kappa shape index (κ3) is 6.28. The predicted molar refractivity (Wildman–Crippen MR) is 94.2 cm³/mol. The number of likely N-dealkylation sites (tertiary alicyclic amines) is 1. The van der Waals surface area contributed by atoms with Crippen LogP contribution in [-0.4, -0.2) is 42.5 Å². The molecule has 6 nitrogen and oxygen atoms in total. The van der Waals surface area contributed by atoms with Crippen LogP contribution in [-0.2, 0) is 9.59 Å². The van der Waals surface area contributed by atoms with Gasteiger partial charge < -0.3 is 15.0 Å². The zero-order valence-corrected chi connectivity index (χ0v) is 14.8. The maximum atomic E-state index is 12.0. The second-order valence-corrected chi connectivity index (χ2v) is 6.35. The van der Waals surface area contributed by atoms with Gasteiger partial charge in [0.1, 0.15) is 12.2 Å². The highest BCUT2D eigenvalue weighted by molar-refractivity contribution is 6.32. The summed E-state index contributed by atoms with van der Waals surface area (Å²) >= 11 is 6.00. The normalized spacial score (nSPS) is 14.6. The molecule has 2 rings (SSSR count). The van der Waals surface area contributed by atoms with Gasteiger partial charge in [-0.3, -0.25) is 9.59 Å². The third-order valence-electron chi connectivity index (χ3n) is 4.09. The molecule has 0 radical (unpaired) electrons. The minimum absolute atomic E-state index is 0.00967. The lowest BCUT2D eigenvalue weighted by Crippen LogP contribution is -2.46.